The van der Waals surface area contributed by atoms with Crippen LogP contribution in [0.3, 0.4) is 0 Å². The molecule has 8 heteroatoms. The van der Waals surface area contributed by atoms with Gasteiger partial charge in [-0.1, -0.05) is 36.4 Å². The average Bonchev–Trinajstić information content (AvgIpc) is 2.24. The van der Waals surface area contributed by atoms with E-state index in [4.69, 9.17) is 4.74 Å². The maximum Gasteiger partial charge on any atom is 0.236 e. The number of hydrogen-bond acceptors (Lipinski definition) is 2. The summed E-state index contributed by atoms with van der Waals surface area (Å²) in [4.78, 5) is 11.3. The minimum atomic E-state index is -0.0970. The molecule has 0 aliphatic heterocycles. The van der Waals surface area contributed by atoms with Crippen LogP contribution >= 0.6 is 0 Å². The molecule has 0 aliphatic rings. The molecule has 84 valence electrons. The number of carbonyl (C=O) groups is 1. The SMILES string of the molecule is BC(B)OC(=O)BBBBC(/C=C\C)=C/C=C. The predicted octanol–water partition coefficient (Wildman–Crippen LogP) is -2.19. The third kappa shape index (κ3) is 9.98. The van der Waals surface area contributed by atoms with Gasteiger partial charge in [-0.05, 0) is 6.92 Å². The van der Waals surface area contributed by atoms with Gasteiger partial charge in [0.2, 0.25) is 13.0 Å². The second-order valence-corrected chi connectivity index (χ2v) is 4.22. The van der Waals surface area contributed by atoms with E-state index in [9.17, 15) is 4.79 Å². The first-order valence-corrected chi connectivity index (χ1v) is 6.24. The fraction of sp³-hybridized carbons (Fsp3) is 0.222. The van der Waals surface area contributed by atoms with Crippen LogP contribution in [-0.4, -0.2) is 55.9 Å². The first-order valence-electron chi connectivity index (χ1n) is 6.24. The first-order chi connectivity index (χ1) is 8.10. The highest BCUT2D eigenvalue weighted by molar-refractivity contribution is 7.49. The van der Waals surface area contributed by atoms with E-state index in [2.05, 4.69) is 12.7 Å². The second kappa shape index (κ2) is 10.2. The standard InChI is InChI=1S/C9H18B6O2/c1-3-5-7(6-4-2)12-14-15-13-9(16)17-8(10)11/h3-6,8,12-15H,1,10-11H2,2H3/b6-4-,7-5+. The van der Waals surface area contributed by atoms with Gasteiger partial charge in [0.05, 0.1) is 14.1 Å². The summed E-state index contributed by atoms with van der Waals surface area (Å²) in [5, 5.41) is 0. The molecule has 0 rings (SSSR count). The van der Waals surface area contributed by atoms with Crippen LogP contribution in [0.15, 0.2) is 36.4 Å². The number of hydrogen-bond donors (Lipinski definition) is 0. The lowest BCUT2D eigenvalue weighted by atomic mass is 9.07. The molecule has 0 spiro atoms. The van der Waals surface area contributed by atoms with E-state index in [0.717, 1.165) is 21.3 Å². The Morgan fingerprint density at radius 1 is 1.35 bits per heavy atom. The molecule has 0 N–H and O–H groups in total. The van der Waals surface area contributed by atoms with Gasteiger partial charge in [-0.15, -0.1) is 0 Å². The van der Waals surface area contributed by atoms with Gasteiger partial charge in [0.15, 0.2) is 0 Å². The number of carbonyl (C=O) groups excluding carboxylic acids is 1. The summed E-state index contributed by atoms with van der Waals surface area (Å²) in [5.74, 6) is -0.109. The largest absolute Gasteiger partial charge is 0.490 e. The molecule has 0 bridgehead atoms. The van der Waals surface area contributed by atoms with Gasteiger partial charge in [0.1, 0.15) is 22.9 Å². The van der Waals surface area contributed by atoms with Gasteiger partial charge in [0, 0.05) is 5.90 Å². The summed E-state index contributed by atoms with van der Waals surface area (Å²) in [6.45, 7) is 5.68. The molecule has 17 heavy (non-hydrogen) atoms. The Hall–Kier alpha value is -0.920. The molecule has 0 atom stereocenters. The van der Waals surface area contributed by atoms with Crippen LogP contribution in [0.4, 0.5) is 4.79 Å². The van der Waals surface area contributed by atoms with E-state index < -0.39 is 0 Å². The topological polar surface area (TPSA) is 26.3 Å². The van der Waals surface area contributed by atoms with Crippen molar-refractivity contribution in [1.29, 1.82) is 0 Å². The molecule has 0 radical (unpaired) electrons. The van der Waals surface area contributed by atoms with Gasteiger partial charge in [-0.2, -0.15) is 0 Å². The summed E-state index contributed by atoms with van der Waals surface area (Å²) in [6, 6.07) is 0. The lowest BCUT2D eigenvalue weighted by Crippen LogP contribution is -2.29. The Labute approximate surface area is 109 Å². The van der Waals surface area contributed by atoms with Gasteiger partial charge in [-0.3, -0.25) is 4.79 Å². The zero-order valence-corrected chi connectivity index (χ0v) is 11.2. The van der Waals surface area contributed by atoms with E-state index in [1.54, 1.807) is 6.08 Å². The summed E-state index contributed by atoms with van der Waals surface area (Å²) >= 11 is 0. The van der Waals surface area contributed by atoms with Crippen molar-refractivity contribution >= 4 is 50.0 Å². The van der Waals surface area contributed by atoms with E-state index in [-0.39, 0.29) is 11.8 Å². The summed E-state index contributed by atoms with van der Waals surface area (Å²) in [6.07, 6.45) is 7.89. The molecule has 0 aliphatic carbocycles. The van der Waals surface area contributed by atoms with E-state index in [0.29, 0.717) is 7.17 Å². The molecule has 0 aromatic rings. The third-order valence-corrected chi connectivity index (χ3v) is 2.18. The molecular weight excluding hydrogens is 205 g/mol. The van der Waals surface area contributed by atoms with Crippen molar-refractivity contribution in [3.63, 3.8) is 0 Å². The Morgan fingerprint density at radius 3 is 2.53 bits per heavy atom. The molecule has 0 aromatic carbocycles. The molecule has 0 aromatic heterocycles. The van der Waals surface area contributed by atoms with Crippen molar-refractivity contribution in [1.82, 2.24) is 0 Å². The van der Waals surface area contributed by atoms with E-state index >= 15 is 0 Å². The molecule has 0 saturated carbocycles. The van der Waals surface area contributed by atoms with E-state index in [1.807, 2.05) is 34.8 Å². The molecular formula is C9H18B6O2. The molecule has 0 unspecified atom stereocenters. The van der Waals surface area contributed by atoms with Crippen molar-refractivity contribution in [2.75, 3.05) is 0 Å². The van der Waals surface area contributed by atoms with Gasteiger partial charge >= 0.3 is 0 Å². The lowest BCUT2D eigenvalue weighted by molar-refractivity contribution is 0.182. The maximum atomic E-state index is 11.3. The fourth-order valence-electron chi connectivity index (χ4n) is 1.51. The van der Waals surface area contributed by atoms with Gasteiger partial charge in [-0.25, -0.2) is 0 Å². The van der Waals surface area contributed by atoms with Crippen molar-refractivity contribution in [3.05, 3.63) is 36.4 Å². The predicted molar refractivity (Wildman–Crippen MR) is 89.0 cm³/mol. The lowest BCUT2D eigenvalue weighted by Gasteiger charge is -2.06. The van der Waals surface area contributed by atoms with E-state index in [1.165, 1.54) is 5.47 Å². The van der Waals surface area contributed by atoms with Crippen LogP contribution in [0, 0.1) is 0 Å². The highest BCUT2D eigenvalue weighted by Crippen LogP contribution is 1.94. The zero-order valence-electron chi connectivity index (χ0n) is 11.2. The van der Waals surface area contributed by atoms with Gasteiger partial charge < -0.3 is 4.74 Å². The van der Waals surface area contributed by atoms with Crippen LogP contribution in [0.5, 0.6) is 0 Å². The van der Waals surface area contributed by atoms with Crippen LogP contribution in [0.1, 0.15) is 6.92 Å². The van der Waals surface area contributed by atoms with Gasteiger partial charge in [0.25, 0.3) is 0 Å². The first kappa shape index (κ1) is 16.1. The third-order valence-electron chi connectivity index (χ3n) is 2.18. The zero-order chi connectivity index (χ0) is 13.1. The number of ether oxygens (including phenoxy) is 1. The normalized spacial score (nSPS) is 11.1. The average molecular weight is 223 g/mol. The van der Waals surface area contributed by atoms with Crippen molar-refractivity contribution in [3.8, 4) is 0 Å². The molecule has 2 nitrogen and oxygen atoms in total. The van der Waals surface area contributed by atoms with Crippen LogP contribution in [0.2, 0.25) is 0 Å². The summed E-state index contributed by atoms with van der Waals surface area (Å²) in [7, 11) is 7.10. The van der Waals surface area contributed by atoms with Crippen LogP contribution < -0.4 is 0 Å². The summed E-state index contributed by atoms with van der Waals surface area (Å²) < 4.78 is 5.07. The fourth-order valence-corrected chi connectivity index (χ4v) is 1.51. The number of rotatable bonds is 8. The highest BCUT2D eigenvalue weighted by atomic mass is 16.5. The Morgan fingerprint density at radius 2 is 2.00 bits per heavy atom. The van der Waals surface area contributed by atoms with Crippen molar-refractivity contribution < 1.29 is 9.53 Å². The van der Waals surface area contributed by atoms with Crippen molar-refractivity contribution in [2.24, 2.45) is 0 Å². The van der Waals surface area contributed by atoms with Crippen LogP contribution in [0.25, 0.3) is 0 Å². The Bertz CT molecular complexity index is 300. The van der Waals surface area contributed by atoms with Crippen LogP contribution in [-0.2, 0) is 4.74 Å². The summed E-state index contributed by atoms with van der Waals surface area (Å²) in [5.41, 5.74) is 1.25. The second-order valence-electron chi connectivity index (χ2n) is 4.22. The quantitative estimate of drug-likeness (QED) is 0.265. The highest BCUT2D eigenvalue weighted by Gasteiger charge is 2.08. The Kier molecular flexibility index (Phi) is 9.69. The molecule has 0 amide bonds. The smallest absolute Gasteiger partial charge is 0.236 e. The minimum Gasteiger partial charge on any atom is -0.490 e. The Balaban J connectivity index is 3.79. The number of allylic oxidation sites excluding steroid dienone is 5. The monoisotopic (exact) mass is 224 g/mol. The minimum absolute atomic E-state index is 0.0123. The molecule has 0 fully saturated rings. The maximum absolute atomic E-state index is 11.3. The van der Waals surface area contributed by atoms with Crippen molar-refractivity contribution in [2.45, 2.75) is 12.8 Å². The molecule has 0 heterocycles. The molecule has 0 saturated heterocycles.